The van der Waals surface area contributed by atoms with Crippen LogP contribution in [0, 0.1) is 5.92 Å². The Bertz CT molecular complexity index is 279. The first kappa shape index (κ1) is 9.68. The Labute approximate surface area is 84.3 Å². The molecule has 0 radical (unpaired) electrons. The molecule has 78 valence electrons. The summed E-state index contributed by atoms with van der Waals surface area (Å²) in [5.41, 5.74) is 0. The van der Waals surface area contributed by atoms with Crippen molar-refractivity contribution in [1.29, 1.82) is 0 Å². The summed E-state index contributed by atoms with van der Waals surface area (Å²) < 4.78 is 7.35. The fourth-order valence-electron chi connectivity index (χ4n) is 1.70. The highest BCUT2D eigenvalue weighted by Crippen LogP contribution is 2.10. The van der Waals surface area contributed by atoms with Gasteiger partial charge in [0, 0.05) is 32.6 Å². The lowest BCUT2D eigenvalue weighted by molar-refractivity contribution is 0.185. The second-order valence-electron chi connectivity index (χ2n) is 3.81. The Balaban J connectivity index is 1.70. The minimum absolute atomic E-state index is 0.690. The van der Waals surface area contributed by atoms with Crippen LogP contribution >= 0.6 is 0 Å². The molecule has 4 nitrogen and oxygen atoms in total. The minimum atomic E-state index is 0.690. The quantitative estimate of drug-likeness (QED) is 0.762. The zero-order chi connectivity index (χ0) is 9.80. The molecule has 1 fully saturated rings. The van der Waals surface area contributed by atoms with E-state index in [0.29, 0.717) is 5.92 Å². The lowest BCUT2D eigenvalue weighted by atomic mass is 10.1. The van der Waals surface area contributed by atoms with Gasteiger partial charge in [0.25, 0.3) is 0 Å². The lowest BCUT2D eigenvalue weighted by Crippen LogP contribution is -2.23. The summed E-state index contributed by atoms with van der Waals surface area (Å²) in [6, 6.07) is 0. The molecule has 1 atom stereocenters. The molecule has 1 unspecified atom stereocenters. The van der Waals surface area contributed by atoms with Gasteiger partial charge >= 0.3 is 0 Å². The highest BCUT2D eigenvalue weighted by molar-refractivity contribution is 4.90. The van der Waals surface area contributed by atoms with Gasteiger partial charge in [-0.05, 0) is 12.3 Å². The highest BCUT2D eigenvalue weighted by Gasteiger charge is 2.14. The third-order valence-corrected chi connectivity index (χ3v) is 2.66. The number of imidazole rings is 1. The van der Waals surface area contributed by atoms with Crippen LogP contribution in [0.15, 0.2) is 12.4 Å². The molecule has 1 aliphatic rings. The standard InChI is InChI=1S/C10H17N3O/c1-13-4-3-12-10(13)7-11-6-9-2-5-14-8-9/h3-4,9,11H,2,5-8H2,1H3. The van der Waals surface area contributed by atoms with Gasteiger partial charge in [0.15, 0.2) is 0 Å². The Morgan fingerprint density at radius 2 is 2.64 bits per heavy atom. The molecule has 1 saturated heterocycles. The number of hydrogen-bond donors (Lipinski definition) is 1. The van der Waals surface area contributed by atoms with Crippen LogP contribution in [0.1, 0.15) is 12.2 Å². The van der Waals surface area contributed by atoms with Crippen LogP contribution < -0.4 is 5.32 Å². The van der Waals surface area contributed by atoms with Gasteiger partial charge in [-0.1, -0.05) is 0 Å². The average molecular weight is 195 g/mol. The SMILES string of the molecule is Cn1ccnc1CNCC1CCOC1. The van der Waals surface area contributed by atoms with Crippen LogP contribution in [0.25, 0.3) is 0 Å². The molecule has 2 heterocycles. The maximum absolute atomic E-state index is 5.31. The first-order valence-electron chi connectivity index (χ1n) is 5.11. The van der Waals surface area contributed by atoms with E-state index in [4.69, 9.17) is 4.74 Å². The third-order valence-electron chi connectivity index (χ3n) is 2.66. The first-order chi connectivity index (χ1) is 6.86. The van der Waals surface area contributed by atoms with Crippen LogP contribution in [0.3, 0.4) is 0 Å². The van der Waals surface area contributed by atoms with Crippen molar-refractivity contribution < 1.29 is 4.74 Å². The summed E-state index contributed by atoms with van der Waals surface area (Å²) in [5, 5.41) is 3.41. The van der Waals surface area contributed by atoms with Gasteiger partial charge in [0.05, 0.1) is 13.2 Å². The summed E-state index contributed by atoms with van der Waals surface area (Å²) >= 11 is 0. The van der Waals surface area contributed by atoms with Crippen molar-refractivity contribution in [2.24, 2.45) is 13.0 Å². The molecule has 0 amide bonds. The normalized spacial score (nSPS) is 21.6. The molecular formula is C10H17N3O. The van der Waals surface area contributed by atoms with Crippen molar-refractivity contribution in [3.05, 3.63) is 18.2 Å². The van der Waals surface area contributed by atoms with Crippen molar-refractivity contribution in [1.82, 2.24) is 14.9 Å². The van der Waals surface area contributed by atoms with E-state index in [9.17, 15) is 0 Å². The molecule has 0 aliphatic carbocycles. The second-order valence-corrected chi connectivity index (χ2v) is 3.81. The Morgan fingerprint density at radius 1 is 1.71 bits per heavy atom. The van der Waals surface area contributed by atoms with Crippen LogP contribution in [0.4, 0.5) is 0 Å². The molecule has 14 heavy (non-hydrogen) atoms. The Hall–Kier alpha value is -0.870. The molecule has 4 heteroatoms. The maximum atomic E-state index is 5.31. The number of aryl methyl sites for hydroxylation is 1. The smallest absolute Gasteiger partial charge is 0.122 e. The molecular weight excluding hydrogens is 178 g/mol. The fraction of sp³-hybridized carbons (Fsp3) is 0.700. The number of nitrogens with zero attached hydrogens (tertiary/aromatic N) is 2. The average Bonchev–Trinajstić information content (AvgIpc) is 2.78. The highest BCUT2D eigenvalue weighted by atomic mass is 16.5. The van der Waals surface area contributed by atoms with Gasteiger partial charge in [0.1, 0.15) is 5.82 Å². The molecule has 1 N–H and O–H groups in total. The van der Waals surface area contributed by atoms with E-state index < -0.39 is 0 Å². The third kappa shape index (κ3) is 2.33. The first-order valence-corrected chi connectivity index (χ1v) is 5.11. The zero-order valence-corrected chi connectivity index (χ0v) is 8.57. The van der Waals surface area contributed by atoms with Crippen molar-refractivity contribution in [3.8, 4) is 0 Å². The molecule has 2 rings (SSSR count). The topological polar surface area (TPSA) is 39.1 Å². The summed E-state index contributed by atoms with van der Waals surface area (Å²) in [6.07, 6.45) is 4.99. The van der Waals surface area contributed by atoms with Crippen LogP contribution in [-0.2, 0) is 18.3 Å². The number of hydrogen-bond acceptors (Lipinski definition) is 3. The summed E-state index contributed by atoms with van der Waals surface area (Å²) in [5.74, 6) is 1.78. The van der Waals surface area contributed by atoms with Gasteiger partial charge in [-0.2, -0.15) is 0 Å². The monoisotopic (exact) mass is 195 g/mol. The van der Waals surface area contributed by atoms with E-state index in [0.717, 1.165) is 32.1 Å². The molecule has 1 aliphatic heterocycles. The van der Waals surface area contributed by atoms with Crippen LogP contribution in [0.5, 0.6) is 0 Å². The van der Waals surface area contributed by atoms with E-state index in [-0.39, 0.29) is 0 Å². The Morgan fingerprint density at radius 3 is 3.29 bits per heavy atom. The Kier molecular flexibility index (Phi) is 3.16. The number of nitrogens with one attached hydrogen (secondary N) is 1. The molecule has 0 bridgehead atoms. The number of aromatic nitrogens is 2. The number of ether oxygens (including phenoxy) is 1. The molecule has 1 aromatic rings. The van der Waals surface area contributed by atoms with E-state index in [1.165, 1.54) is 6.42 Å². The summed E-state index contributed by atoms with van der Waals surface area (Å²) in [7, 11) is 2.02. The van der Waals surface area contributed by atoms with Gasteiger partial charge < -0.3 is 14.6 Å². The van der Waals surface area contributed by atoms with Crippen LogP contribution in [-0.4, -0.2) is 29.3 Å². The van der Waals surface area contributed by atoms with Crippen molar-refractivity contribution in [2.45, 2.75) is 13.0 Å². The molecule has 0 aromatic carbocycles. The summed E-state index contributed by atoms with van der Waals surface area (Å²) in [4.78, 5) is 4.25. The minimum Gasteiger partial charge on any atom is -0.381 e. The van der Waals surface area contributed by atoms with Crippen molar-refractivity contribution in [2.75, 3.05) is 19.8 Å². The van der Waals surface area contributed by atoms with E-state index >= 15 is 0 Å². The van der Waals surface area contributed by atoms with Gasteiger partial charge in [-0.25, -0.2) is 4.98 Å². The van der Waals surface area contributed by atoms with E-state index in [1.807, 2.05) is 24.0 Å². The molecule has 0 saturated carbocycles. The van der Waals surface area contributed by atoms with Crippen LogP contribution in [0.2, 0.25) is 0 Å². The number of rotatable bonds is 4. The van der Waals surface area contributed by atoms with Gasteiger partial charge in [0.2, 0.25) is 0 Å². The largest absolute Gasteiger partial charge is 0.381 e. The fourth-order valence-corrected chi connectivity index (χ4v) is 1.70. The molecule has 1 aromatic heterocycles. The van der Waals surface area contributed by atoms with Gasteiger partial charge in [-0.15, -0.1) is 0 Å². The van der Waals surface area contributed by atoms with E-state index in [1.54, 1.807) is 0 Å². The van der Waals surface area contributed by atoms with E-state index in [2.05, 4.69) is 10.3 Å². The molecule has 0 spiro atoms. The maximum Gasteiger partial charge on any atom is 0.122 e. The van der Waals surface area contributed by atoms with Gasteiger partial charge in [-0.3, -0.25) is 0 Å². The van der Waals surface area contributed by atoms with Crippen molar-refractivity contribution >= 4 is 0 Å². The second kappa shape index (κ2) is 4.57. The zero-order valence-electron chi connectivity index (χ0n) is 8.57. The summed E-state index contributed by atoms with van der Waals surface area (Å²) in [6.45, 7) is 3.72. The predicted octanol–water partition coefficient (Wildman–Crippen LogP) is 0.546. The lowest BCUT2D eigenvalue weighted by Gasteiger charge is -2.08. The predicted molar refractivity (Wildman–Crippen MR) is 53.8 cm³/mol. The van der Waals surface area contributed by atoms with Crippen molar-refractivity contribution in [3.63, 3.8) is 0 Å².